The van der Waals surface area contributed by atoms with Crippen LogP contribution in [-0.2, 0) is 0 Å². The summed E-state index contributed by atoms with van der Waals surface area (Å²) < 4.78 is 3.10. The number of benzene rings is 10. The van der Waals surface area contributed by atoms with Crippen LogP contribution in [0.5, 0.6) is 0 Å². The van der Waals surface area contributed by atoms with Gasteiger partial charge in [-0.2, -0.15) is 0 Å². The fraction of sp³-hybridized carbons (Fsp3) is 0.226. The molecule has 12 aromatic rings. The Kier molecular flexibility index (Phi) is 6.24. The summed E-state index contributed by atoms with van der Waals surface area (Å²) in [5.74, 6) is 0. The molecule has 0 amide bonds. The predicted molar refractivity (Wildman–Crippen MR) is 247 cm³/mol. The van der Waals surface area contributed by atoms with Crippen molar-refractivity contribution in [3.05, 3.63) is 137 Å². The maximum absolute atomic E-state index is 15.0. The molecule has 2 aromatic heterocycles. The minimum absolute atomic E-state index is 0.0239. The van der Waals surface area contributed by atoms with E-state index in [2.05, 4.69) is 12.1 Å². The summed E-state index contributed by atoms with van der Waals surface area (Å²) >= 11 is 0. The summed E-state index contributed by atoms with van der Waals surface area (Å²) in [4.78, 5) is 73.5. The fourth-order valence-corrected chi connectivity index (χ4v) is 12.7. The van der Waals surface area contributed by atoms with Crippen molar-refractivity contribution in [1.82, 2.24) is 9.13 Å². The van der Waals surface area contributed by atoms with Crippen LogP contribution < -0.4 is 27.7 Å². The minimum Gasteiger partial charge on any atom is -0.289 e. The van der Waals surface area contributed by atoms with Gasteiger partial charge in [-0.15, -0.1) is 0 Å². The lowest BCUT2D eigenvalue weighted by molar-refractivity contribution is 0.342. The van der Waals surface area contributed by atoms with E-state index < -0.39 is 0 Å². The highest BCUT2D eigenvalue weighted by molar-refractivity contribution is 6.51. The first-order valence-electron chi connectivity index (χ1n) is 21.7. The molecule has 2 heterocycles. The number of hydrogen-bond donors (Lipinski definition) is 0. The van der Waals surface area contributed by atoms with Crippen LogP contribution in [0.3, 0.4) is 0 Å². The standard InChI is InChI=1S/C53H36N2O5/c56-49-30-15-8-7-14-27(30)35-22-36-37-23-39-43-33(50(57)54(52(39)59)25-10-3-1-4-11-25)20-18-28-29-19-21-34-44-40(53(60)55(51(34)58)26-12-5-2-6-13-26)24-38(48(46(29)44)47(37)45(28)43)42(36)31-16-9-17-32(49)41(31)35/h7-9,14-26H,1-6,10-13H2. The summed E-state index contributed by atoms with van der Waals surface area (Å²) in [5.41, 5.74) is -1.00. The SMILES string of the molecule is O=c1c2ccccc2c2cc3c4cc5c(=O)n(C6CCCCC6)c(=O)c6ccc7c8ccc9c(=O)n(C%10CCCCC%10)c(=O)c%10cc(c3c3cccc1c23)c(c8c9%10)c4c7c65. The Labute approximate surface area is 339 Å². The molecule has 0 unspecified atom stereocenters. The van der Waals surface area contributed by atoms with Crippen molar-refractivity contribution in [2.24, 2.45) is 0 Å². The molecule has 288 valence electrons. The van der Waals surface area contributed by atoms with E-state index in [1.165, 1.54) is 0 Å². The Balaban J connectivity index is 1.30. The van der Waals surface area contributed by atoms with Crippen molar-refractivity contribution in [2.45, 2.75) is 76.3 Å². The van der Waals surface area contributed by atoms with Crippen LogP contribution >= 0.6 is 0 Å². The van der Waals surface area contributed by atoms with E-state index in [-0.39, 0.29) is 39.7 Å². The maximum atomic E-state index is 15.0. The lowest BCUT2D eigenvalue weighted by Gasteiger charge is -2.27. The van der Waals surface area contributed by atoms with Gasteiger partial charge in [0.1, 0.15) is 0 Å². The first-order chi connectivity index (χ1) is 29.4. The molecule has 0 saturated heterocycles. The average Bonchev–Trinajstić information content (AvgIpc) is 3.29. The quantitative estimate of drug-likeness (QED) is 0.129. The van der Waals surface area contributed by atoms with Crippen molar-refractivity contribution in [2.75, 3.05) is 0 Å². The second kappa shape index (κ2) is 11.3. The molecule has 0 radical (unpaired) electrons. The van der Waals surface area contributed by atoms with Crippen LogP contribution in [0.15, 0.2) is 109 Å². The lowest BCUT2D eigenvalue weighted by atomic mass is 9.79. The van der Waals surface area contributed by atoms with Crippen LogP contribution in [0.4, 0.5) is 0 Å². The number of hydrogen-bond acceptors (Lipinski definition) is 5. The Morgan fingerprint density at radius 2 is 0.700 bits per heavy atom. The molecule has 2 saturated carbocycles. The Morgan fingerprint density at radius 1 is 0.300 bits per heavy atom. The zero-order chi connectivity index (χ0) is 39.9. The fourth-order valence-electron chi connectivity index (χ4n) is 12.7. The third-order valence-electron chi connectivity index (χ3n) is 15.2. The third-order valence-corrected chi connectivity index (χ3v) is 15.2. The smallest absolute Gasteiger partial charge is 0.261 e. The molecule has 7 heteroatoms. The Morgan fingerprint density at radius 3 is 1.30 bits per heavy atom. The van der Waals surface area contributed by atoms with Crippen molar-refractivity contribution in [1.29, 1.82) is 0 Å². The number of fused-ring (bicyclic) bond motifs is 7. The molecule has 0 aliphatic heterocycles. The van der Waals surface area contributed by atoms with E-state index in [0.717, 1.165) is 140 Å². The zero-order valence-corrected chi connectivity index (χ0v) is 32.7. The molecule has 0 bridgehead atoms. The van der Waals surface area contributed by atoms with Crippen molar-refractivity contribution in [3.63, 3.8) is 0 Å². The van der Waals surface area contributed by atoms with E-state index in [0.29, 0.717) is 43.1 Å². The molecule has 14 rings (SSSR count). The lowest BCUT2D eigenvalue weighted by Crippen LogP contribution is -2.37. The van der Waals surface area contributed by atoms with Gasteiger partial charge in [0.05, 0.1) is 0 Å². The van der Waals surface area contributed by atoms with E-state index >= 15 is 9.59 Å². The van der Waals surface area contributed by atoms with Gasteiger partial charge in [-0.3, -0.25) is 33.1 Å². The molecule has 7 nitrogen and oxygen atoms in total. The molecule has 2 aliphatic carbocycles. The van der Waals surface area contributed by atoms with Crippen LogP contribution in [0.2, 0.25) is 0 Å². The van der Waals surface area contributed by atoms with Crippen LogP contribution in [0.1, 0.15) is 76.3 Å². The second-order valence-corrected chi connectivity index (χ2v) is 18.0. The van der Waals surface area contributed by atoms with E-state index in [1.807, 2.05) is 72.8 Å². The molecule has 0 atom stereocenters. The number of aromatic nitrogens is 2. The van der Waals surface area contributed by atoms with Crippen molar-refractivity contribution < 1.29 is 0 Å². The van der Waals surface area contributed by atoms with Crippen molar-refractivity contribution in [3.8, 4) is 0 Å². The largest absolute Gasteiger partial charge is 0.289 e. The average molecular weight is 781 g/mol. The topological polar surface area (TPSA) is 95.2 Å². The van der Waals surface area contributed by atoms with E-state index in [9.17, 15) is 14.4 Å². The van der Waals surface area contributed by atoms with Gasteiger partial charge in [0.15, 0.2) is 5.43 Å². The predicted octanol–water partition coefficient (Wildman–Crippen LogP) is 11.0. The van der Waals surface area contributed by atoms with Crippen LogP contribution in [0, 0.1) is 0 Å². The molecule has 2 aliphatic rings. The summed E-state index contributed by atoms with van der Waals surface area (Å²) in [7, 11) is 0. The van der Waals surface area contributed by atoms with Gasteiger partial charge < -0.3 is 0 Å². The van der Waals surface area contributed by atoms with Crippen LogP contribution in [-0.4, -0.2) is 9.13 Å². The first kappa shape index (κ1) is 33.1. The van der Waals surface area contributed by atoms with Gasteiger partial charge in [-0.05, 0) is 126 Å². The minimum atomic E-state index is -0.256. The summed E-state index contributed by atoms with van der Waals surface area (Å²) in [6.45, 7) is 0. The molecular formula is C53H36N2O5. The van der Waals surface area contributed by atoms with E-state index in [1.54, 1.807) is 9.13 Å². The van der Waals surface area contributed by atoms with Gasteiger partial charge in [-0.25, -0.2) is 0 Å². The number of pyridine rings is 2. The van der Waals surface area contributed by atoms with Gasteiger partial charge in [0, 0.05) is 60.6 Å². The second-order valence-electron chi connectivity index (χ2n) is 18.0. The summed E-state index contributed by atoms with van der Waals surface area (Å²) in [5, 5.41) is 17.2. The first-order valence-corrected chi connectivity index (χ1v) is 21.7. The van der Waals surface area contributed by atoms with Crippen LogP contribution in [0.25, 0.3) is 118 Å². The highest BCUT2D eigenvalue weighted by atomic mass is 16.2. The molecule has 10 aromatic carbocycles. The van der Waals surface area contributed by atoms with Gasteiger partial charge in [0.25, 0.3) is 22.2 Å². The zero-order valence-electron chi connectivity index (χ0n) is 32.7. The highest BCUT2D eigenvalue weighted by Crippen LogP contribution is 2.52. The highest BCUT2D eigenvalue weighted by Gasteiger charge is 2.31. The van der Waals surface area contributed by atoms with E-state index in [4.69, 9.17) is 0 Å². The Bertz CT molecular complexity index is 4190. The summed E-state index contributed by atoms with van der Waals surface area (Å²) in [6, 6.07) is 27.5. The van der Waals surface area contributed by atoms with Gasteiger partial charge in [-0.1, -0.05) is 93.1 Å². The Hall–Kier alpha value is -6.73. The third kappa shape index (κ3) is 3.82. The van der Waals surface area contributed by atoms with Crippen molar-refractivity contribution >= 4 is 118 Å². The molecule has 0 spiro atoms. The van der Waals surface area contributed by atoms with Gasteiger partial charge >= 0.3 is 0 Å². The molecular weight excluding hydrogens is 745 g/mol. The van der Waals surface area contributed by atoms with Gasteiger partial charge in [0.2, 0.25) is 0 Å². The number of nitrogens with zero attached hydrogens (tertiary/aromatic N) is 2. The normalized spacial score (nSPS) is 16.5. The maximum Gasteiger partial charge on any atom is 0.261 e. The monoisotopic (exact) mass is 780 g/mol. The summed E-state index contributed by atoms with van der Waals surface area (Å²) in [6.07, 6.45) is 9.34. The molecule has 2 fully saturated rings. The number of rotatable bonds is 2. The molecule has 60 heavy (non-hydrogen) atoms. The molecule has 0 N–H and O–H groups in total.